The van der Waals surface area contributed by atoms with Crippen molar-refractivity contribution in [2.24, 2.45) is 0 Å². The molecule has 0 aromatic rings. The fourth-order valence-corrected chi connectivity index (χ4v) is 0. The van der Waals surface area contributed by atoms with E-state index in [-0.39, 0.29) is 79.2 Å². The van der Waals surface area contributed by atoms with E-state index in [2.05, 4.69) is 0 Å². The first-order valence-electron chi connectivity index (χ1n) is 2.00. The molecule has 18 heavy (non-hydrogen) atoms. The van der Waals surface area contributed by atoms with Gasteiger partial charge in [0.1, 0.15) is 0 Å². The van der Waals surface area contributed by atoms with Crippen molar-refractivity contribution in [3.8, 4) is 0 Å². The number of hydrogen-bond donors (Lipinski definition) is 0. The van der Waals surface area contributed by atoms with Gasteiger partial charge in [-0.05, 0) is 0 Å². The van der Waals surface area contributed by atoms with Gasteiger partial charge in [0.25, 0.3) is 0 Å². The van der Waals surface area contributed by atoms with Gasteiger partial charge < -0.3 is 32.8 Å². The van der Waals surface area contributed by atoms with Crippen LogP contribution in [0.3, 0.4) is 0 Å². The van der Waals surface area contributed by atoms with Crippen LogP contribution in [0, 0.1) is 73.7 Å². The molecule has 0 saturated carbocycles. The van der Waals surface area contributed by atoms with E-state index in [9.17, 15) is 0 Å². The second-order valence-corrected chi connectivity index (χ2v) is 3.67. The minimum absolute atomic E-state index is 0. The van der Waals surface area contributed by atoms with E-state index in [0.717, 1.165) is 0 Å². The summed E-state index contributed by atoms with van der Waals surface area (Å²) in [4.78, 5) is 0. The van der Waals surface area contributed by atoms with Gasteiger partial charge in [-0.25, -0.2) is 0 Å². The third-order valence-electron chi connectivity index (χ3n) is 0. The predicted octanol–water partition coefficient (Wildman–Crippen LogP) is -4.84. The zero-order valence-electron chi connectivity index (χ0n) is 7.18. The van der Waals surface area contributed by atoms with Gasteiger partial charge in [-0.15, -0.1) is 0 Å². The molecule has 124 valence electrons. The normalized spacial score (nSPS) is 9.67. The van der Waals surface area contributed by atoms with Crippen LogP contribution in [0.2, 0.25) is 0 Å². The summed E-state index contributed by atoms with van der Waals surface area (Å²) in [6.45, 7) is 0. The van der Waals surface area contributed by atoms with Gasteiger partial charge in [-0.3, -0.25) is 25.3 Å². The second-order valence-electron chi connectivity index (χ2n) is 1.22. The first kappa shape index (κ1) is 36.9. The Labute approximate surface area is 160 Å². The molecule has 0 radical (unpaired) electrons. The average molecular weight is 644 g/mol. The zero-order valence-corrected chi connectivity index (χ0v) is 13.2. The first-order chi connectivity index (χ1) is 6.00. The fraction of sp³-hybridized carbons (Fsp3) is 0. The Bertz CT molecular complexity index is 341. The zero-order chi connectivity index (χ0) is 13.5. The average Bonchev–Trinajstić information content (AvgIpc) is 1.41. The van der Waals surface area contributed by atoms with E-state index in [4.69, 9.17) is 52.6 Å². The van der Waals surface area contributed by atoms with E-state index in [1.54, 1.807) is 0 Å². The Morgan fingerprint density at radius 3 is 0.444 bits per heavy atom. The summed E-state index contributed by atoms with van der Waals surface area (Å²) in [6.07, 6.45) is 0. The monoisotopic (exact) mass is 644 g/mol. The summed E-state index contributed by atoms with van der Waals surface area (Å²) >= 11 is 0. The van der Waals surface area contributed by atoms with Crippen molar-refractivity contribution in [1.29, 1.82) is 0 Å². The molecule has 0 aromatic heterocycles. The summed E-state index contributed by atoms with van der Waals surface area (Å²) in [7, 11) is -15.5. The van der Waals surface area contributed by atoms with Crippen molar-refractivity contribution < 1.29 is 132 Å². The Morgan fingerprint density at radius 2 is 0.444 bits per heavy atom. The van der Waals surface area contributed by atoms with Crippen molar-refractivity contribution >= 4 is 31.2 Å². The first-order valence-corrected chi connectivity index (χ1v) is 6.00. The minimum atomic E-state index is -5.17. The summed E-state index contributed by atoms with van der Waals surface area (Å²) in [6, 6.07) is 0. The standard InChI is InChI=1S/3H2O4S.H2O.2Tm/c3*1-5(2,3)4;;;/h3*(H2,1,2,3,4);1H2;;/q;;;;2*+3/p-6. The van der Waals surface area contributed by atoms with E-state index < -0.39 is 31.2 Å². The number of hydrogen-bond acceptors (Lipinski definition) is 12. The summed E-state index contributed by atoms with van der Waals surface area (Å²) in [5, 5.41) is 0. The van der Waals surface area contributed by atoms with Crippen LogP contribution in [0.1, 0.15) is 0 Å². The van der Waals surface area contributed by atoms with Crippen LogP contribution in [0.15, 0.2) is 0 Å². The molecular weight excluding hydrogens is 642 g/mol. The molecule has 0 aliphatic carbocycles. The molecule has 0 aromatic carbocycles. The smallest absolute Gasteiger partial charge is 0.759 e. The van der Waals surface area contributed by atoms with Crippen LogP contribution < -0.4 is 0 Å². The van der Waals surface area contributed by atoms with Gasteiger partial charge in [0.15, 0.2) is 0 Å². The van der Waals surface area contributed by atoms with Crippen LogP contribution in [-0.4, -0.2) is 58.0 Å². The van der Waals surface area contributed by atoms with E-state index in [1.165, 1.54) is 0 Å². The third kappa shape index (κ3) is 1260. The van der Waals surface area contributed by atoms with Crippen molar-refractivity contribution in [1.82, 2.24) is 0 Å². The Morgan fingerprint density at radius 1 is 0.444 bits per heavy atom. The SMILES string of the molecule is O.O=S(=O)([O-])[O-].O=S(=O)([O-])[O-].O=S(=O)([O-])[O-].[Tm+3].[Tm+3]. The molecule has 0 aliphatic rings. The van der Waals surface area contributed by atoms with Crippen molar-refractivity contribution in [2.75, 3.05) is 0 Å². The molecule has 0 rings (SSSR count). The summed E-state index contributed by atoms with van der Waals surface area (Å²) in [5.41, 5.74) is 0. The molecule has 0 bridgehead atoms. The van der Waals surface area contributed by atoms with Crippen molar-refractivity contribution in [2.45, 2.75) is 0 Å². The maximum absolute atomic E-state index is 8.52. The topological polar surface area (TPSA) is 272 Å². The molecule has 18 heteroatoms. The van der Waals surface area contributed by atoms with E-state index >= 15 is 0 Å². The molecule has 0 amide bonds. The molecule has 13 nitrogen and oxygen atoms in total. The third-order valence-corrected chi connectivity index (χ3v) is 0. The van der Waals surface area contributed by atoms with Gasteiger partial charge in [0, 0.05) is 31.2 Å². The van der Waals surface area contributed by atoms with E-state index in [0.29, 0.717) is 0 Å². The van der Waals surface area contributed by atoms with Crippen molar-refractivity contribution in [3.05, 3.63) is 0 Å². The molecule has 0 aliphatic heterocycles. The quantitative estimate of drug-likeness (QED) is 0.177. The fourth-order valence-electron chi connectivity index (χ4n) is 0. The van der Waals surface area contributed by atoms with E-state index in [1.807, 2.05) is 0 Å². The molecule has 0 atom stereocenters. The van der Waals surface area contributed by atoms with Crippen LogP contribution in [0.5, 0.6) is 0 Å². The van der Waals surface area contributed by atoms with Crippen molar-refractivity contribution in [3.63, 3.8) is 0 Å². The molecule has 0 fully saturated rings. The van der Waals surface area contributed by atoms with Gasteiger partial charge in [0.05, 0.1) is 0 Å². The van der Waals surface area contributed by atoms with Gasteiger partial charge in [0.2, 0.25) is 0 Å². The second kappa shape index (κ2) is 15.4. The van der Waals surface area contributed by atoms with Crippen LogP contribution >= 0.6 is 0 Å². The Balaban J connectivity index is -0.0000000277. The van der Waals surface area contributed by atoms with Gasteiger partial charge >= 0.3 is 73.7 Å². The van der Waals surface area contributed by atoms with Gasteiger partial charge in [-0.1, -0.05) is 0 Å². The van der Waals surface area contributed by atoms with Crippen LogP contribution in [0.4, 0.5) is 0 Å². The predicted molar refractivity (Wildman–Crippen MR) is 35.0 cm³/mol. The Kier molecular flexibility index (Phi) is 31.6. The summed E-state index contributed by atoms with van der Waals surface area (Å²) in [5.74, 6) is 0. The Hall–Kier alpha value is 2.04. The minimum Gasteiger partial charge on any atom is -0.759 e. The van der Waals surface area contributed by atoms with Crippen LogP contribution in [-0.2, 0) is 31.2 Å². The maximum atomic E-state index is 8.52. The van der Waals surface area contributed by atoms with Crippen LogP contribution in [0.25, 0.3) is 0 Å². The maximum Gasteiger partial charge on any atom is 3.00 e. The molecule has 0 unspecified atom stereocenters. The molecule has 0 saturated heterocycles. The molecule has 2 N–H and O–H groups in total. The molecule has 0 heterocycles. The molecule has 0 spiro atoms. The number of rotatable bonds is 0. The largest absolute Gasteiger partial charge is 3.00 e. The summed E-state index contributed by atoms with van der Waals surface area (Å²) < 4.78 is 102. The molecular formula is H2O13S3Tm2. The van der Waals surface area contributed by atoms with Gasteiger partial charge in [-0.2, -0.15) is 0 Å².